The number of carbonyl (C=O) groups excluding carboxylic acids is 2. The van der Waals surface area contributed by atoms with Crippen LogP contribution in [0.25, 0.3) is 0 Å². The first-order valence-corrected chi connectivity index (χ1v) is 7.73. The molecule has 0 aliphatic heterocycles. The van der Waals surface area contributed by atoms with Crippen LogP contribution in [0.4, 0.5) is 16.2 Å². The lowest BCUT2D eigenvalue weighted by molar-refractivity contribution is 0.0602. The average Bonchev–Trinajstić information content (AvgIpc) is 2.52. The Kier molecular flexibility index (Phi) is 5.39. The molecule has 0 heterocycles. The van der Waals surface area contributed by atoms with Gasteiger partial charge >= 0.3 is 12.0 Å². The fourth-order valence-electron chi connectivity index (χ4n) is 2.18. The van der Waals surface area contributed by atoms with Crippen molar-refractivity contribution in [1.29, 1.82) is 0 Å². The molecule has 2 amide bonds. The summed E-state index contributed by atoms with van der Waals surface area (Å²) in [5.74, 6) is -0.520. The first-order chi connectivity index (χ1) is 10.9. The third-order valence-electron chi connectivity index (χ3n) is 3.35. The molecular weight excluding hydrogens is 360 g/mol. The molecule has 0 aromatic heterocycles. The van der Waals surface area contributed by atoms with Crippen LogP contribution in [0.1, 0.15) is 21.5 Å². The third-order valence-corrected chi connectivity index (χ3v) is 3.85. The van der Waals surface area contributed by atoms with E-state index in [1.54, 1.807) is 18.2 Å². The molecule has 2 N–H and O–H groups in total. The van der Waals surface area contributed by atoms with E-state index < -0.39 is 12.0 Å². The number of hydrogen-bond donors (Lipinski definition) is 2. The second-order valence-corrected chi connectivity index (χ2v) is 5.94. The summed E-state index contributed by atoms with van der Waals surface area (Å²) >= 11 is 3.30. The monoisotopic (exact) mass is 376 g/mol. The Morgan fingerprint density at radius 1 is 1.04 bits per heavy atom. The van der Waals surface area contributed by atoms with E-state index in [0.717, 1.165) is 21.3 Å². The van der Waals surface area contributed by atoms with E-state index in [9.17, 15) is 9.59 Å². The number of para-hydroxylation sites is 1. The van der Waals surface area contributed by atoms with Gasteiger partial charge < -0.3 is 15.4 Å². The summed E-state index contributed by atoms with van der Waals surface area (Å²) in [5.41, 5.74) is 3.33. The summed E-state index contributed by atoms with van der Waals surface area (Å²) in [5, 5.41) is 5.50. The number of hydrogen-bond acceptors (Lipinski definition) is 3. The van der Waals surface area contributed by atoms with Gasteiger partial charge in [-0.25, -0.2) is 9.59 Å². The van der Waals surface area contributed by atoms with Gasteiger partial charge in [-0.05, 0) is 43.2 Å². The van der Waals surface area contributed by atoms with Gasteiger partial charge in [-0.2, -0.15) is 0 Å². The highest BCUT2D eigenvalue weighted by atomic mass is 79.9. The van der Waals surface area contributed by atoms with E-state index in [4.69, 9.17) is 4.74 Å². The van der Waals surface area contributed by atoms with Crippen LogP contribution >= 0.6 is 15.9 Å². The average molecular weight is 377 g/mol. The van der Waals surface area contributed by atoms with Crippen LogP contribution in [0.2, 0.25) is 0 Å². The third kappa shape index (κ3) is 4.10. The number of halogens is 1. The van der Waals surface area contributed by atoms with Gasteiger partial charge in [0.2, 0.25) is 0 Å². The molecule has 2 aromatic rings. The van der Waals surface area contributed by atoms with Crippen molar-refractivity contribution in [2.45, 2.75) is 13.8 Å². The van der Waals surface area contributed by atoms with Gasteiger partial charge in [0.15, 0.2) is 0 Å². The molecule has 120 valence electrons. The second-order valence-electron chi connectivity index (χ2n) is 5.03. The van der Waals surface area contributed by atoms with Crippen LogP contribution in [-0.2, 0) is 4.74 Å². The maximum Gasteiger partial charge on any atom is 0.340 e. The summed E-state index contributed by atoms with van der Waals surface area (Å²) in [6.07, 6.45) is 0. The van der Waals surface area contributed by atoms with E-state index in [2.05, 4.69) is 26.6 Å². The Balaban J connectivity index is 2.22. The topological polar surface area (TPSA) is 67.4 Å². The van der Waals surface area contributed by atoms with Gasteiger partial charge in [0.25, 0.3) is 0 Å². The van der Waals surface area contributed by atoms with Gasteiger partial charge in [-0.15, -0.1) is 0 Å². The molecule has 0 aliphatic carbocycles. The minimum Gasteiger partial charge on any atom is -0.465 e. The smallest absolute Gasteiger partial charge is 0.340 e. The number of urea groups is 1. The molecule has 0 saturated carbocycles. The van der Waals surface area contributed by atoms with Crippen molar-refractivity contribution in [2.75, 3.05) is 17.7 Å². The van der Waals surface area contributed by atoms with Gasteiger partial charge in [-0.3, -0.25) is 0 Å². The number of anilines is 2. The lowest BCUT2D eigenvalue weighted by atomic mass is 10.1. The van der Waals surface area contributed by atoms with Crippen molar-refractivity contribution >= 4 is 39.3 Å². The number of carbonyl (C=O) groups is 2. The largest absolute Gasteiger partial charge is 0.465 e. The molecule has 0 unspecified atom stereocenters. The SMILES string of the molecule is COC(=O)c1cc(Br)ccc1NC(=O)Nc1c(C)cccc1C. The van der Waals surface area contributed by atoms with Crippen molar-refractivity contribution in [3.63, 3.8) is 0 Å². The number of aryl methyl sites for hydroxylation is 2. The second kappa shape index (κ2) is 7.28. The van der Waals surface area contributed by atoms with Crippen molar-refractivity contribution < 1.29 is 14.3 Å². The highest BCUT2D eigenvalue weighted by Gasteiger charge is 2.15. The van der Waals surface area contributed by atoms with Gasteiger partial charge in [-0.1, -0.05) is 34.1 Å². The van der Waals surface area contributed by atoms with Crippen LogP contribution in [0.5, 0.6) is 0 Å². The first-order valence-electron chi connectivity index (χ1n) is 6.94. The summed E-state index contributed by atoms with van der Waals surface area (Å²) in [6.45, 7) is 3.84. The zero-order valence-electron chi connectivity index (χ0n) is 13.1. The predicted octanol–water partition coefficient (Wildman–Crippen LogP) is 4.50. The number of methoxy groups -OCH3 is 1. The number of nitrogens with one attached hydrogen (secondary N) is 2. The number of benzene rings is 2. The molecule has 6 heteroatoms. The van der Waals surface area contributed by atoms with Gasteiger partial charge in [0.1, 0.15) is 0 Å². The number of ether oxygens (including phenoxy) is 1. The van der Waals surface area contributed by atoms with E-state index in [0.29, 0.717) is 5.69 Å². The summed E-state index contributed by atoms with van der Waals surface area (Å²) in [7, 11) is 1.30. The summed E-state index contributed by atoms with van der Waals surface area (Å²) in [4.78, 5) is 24.1. The maximum atomic E-state index is 12.2. The van der Waals surface area contributed by atoms with Crippen molar-refractivity contribution in [2.24, 2.45) is 0 Å². The number of rotatable bonds is 3. The van der Waals surface area contributed by atoms with E-state index in [-0.39, 0.29) is 5.56 Å². The van der Waals surface area contributed by atoms with Crippen molar-refractivity contribution in [3.8, 4) is 0 Å². The van der Waals surface area contributed by atoms with Gasteiger partial charge in [0, 0.05) is 10.2 Å². The molecule has 2 aromatic carbocycles. The zero-order chi connectivity index (χ0) is 17.0. The number of amides is 2. The minimum absolute atomic E-state index is 0.276. The molecule has 0 aliphatic rings. The molecule has 23 heavy (non-hydrogen) atoms. The summed E-state index contributed by atoms with van der Waals surface area (Å²) in [6, 6.07) is 10.3. The molecule has 0 spiro atoms. The Morgan fingerprint density at radius 3 is 2.30 bits per heavy atom. The van der Waals surface area contributed by atoms with E-state index >= 15 is 0 Å². The Bertz CT molecular complexity index is 739. The molecule has 0 bridgehead atoms. The Morgan fingerprint density at radius 2 is 1.70 bits per heavy atom. The highest BCUT2D eigenvalue weighted by Crippen LogP contribution is 2.23. The molecule has 0 atom stereocenters. The fourth-order valence-corrected chi connectivity index (χ4v) is 2.54. The van der Waals surface area contributed by atoms with Crippen molar-refractivity contribution in [1.82, 2.24) is 0 Å². The predicted molar refractivity (Wildman–Crippen MR) is 94.0 cm³/mol. The van der Waals surface area contributed by atoms with Crippen LogP contribution in [0, 0.1) is 13.8 Å². The maximum absolute atomic E-state index is 12.2. The Labute approximate surface area is 143 Å². The first kappa shape index (κ1) is 17.0. The van der Waals surface area contributed by atoms with E-state index in [1.165, 1.54) is 7.11 Å². The lowest BCUT2D eigenvalue weighted by Crippen LogP contribution is -2.22. The zero-order valence-corrected chi connectivity index (χ0v) is 14.7. The van der Waals surface area contributed by atoms with E-state index in [1.807, 2.05) is 32.0 Å². The molecule has 0 fully saturated rings. The number of esters is 1. The molecule has 5 nitrogen and oxygen atoms in total. The summed E-state index contributed by atoms with van der Waals surface area (Å²) < 4.78 is 5.46. The molecular formula is C17H17BrN2O3. The minimum atomic E-state index is -0.520. The van der Waals surface area contributed by atoms with Crippen molar-refractivity contribution in [3.05, 3.63) is 57.6 Å². The molecule has 2 rings (SSSR count). The lowest BCUT2D eigenvalue weighted by Gasteiger charge is -2.14. The standard InChI is InChI=1S/C17H17BrN2O3/c1-10-5-4-6-11(2)15(10)20-17(22)19-14-8-7-12(18)9-13(14)16(21)23-3/h4-9H,1-3H3,(H2,19,20,22). The van der Waals surface area contributed by atoms with Crippen LogP contribution in [-0.4, -0.2) is 19.1 Å². The Hall–Kier alpha value is -2.34. The molecule has 0 radical (unpaired) electrons. The van der Waals surface area contributed by atoms with Crippen LogP contribution in [0.15, 0.2) is 40.9 Å². The van der Waals surface area contributed by atoms with Crippen LogP contribution < -0.4 is 10.6 Å². The molecule has 0 saturated heterocycles. The quantitative estimate of drug-likeness (QED) is 0.775. The normalized spacial score (nSPS) is 10.1. The van der Waals surface area contributed by atoms with Gasteiger partial charge in [0.05, 0.1) is 18.4 Å². The highest BCUT2D eigenvalue weighted by molar-refractivity contribution is 9.10. The fraction of sp³-hybridized carbons (Fsp3) is 0.176. The van der Waals surface area contributed by atoms with Crippen LogP contribution in [0.3, 0.4) is 0 Å².